The minimum absolute atomic E-state index is 0.670. The molecule has 0 saturated heterocycles. The van der Waals surface area contributed by atoms with Crippen LogP contribution in [0.4, 0.5) is 5.95 Å². The zero-order chi connectivity index (χ0) is 17.6. The number of aliphatic imine (C=N–C) groups is 1. The molecule has 3 rings (SSSR count). The lowest BCUT2D eigenvalue weighted by molar-refractivity contribution is 0.340. The minimum Gasteiger partial charge on any atom is -0.494 e. The summed E-state index contributed by atoms with van der Waals surface area (Å²) in [6.45, 7) is 4.44. The number of para-hydroxylation sites is 2. The van der Waals surface area contributed by atoms with E-state index < -0.39 is 0 Å². The molecule has 0 saturated carbocycles. The van der Waals surface area contributed by atoms with E-state index in [0.29, 0.717) is 6.61 Å². The van der Waals surface area contributed by atoms with E-state index in [2.05, 4.69) is 39.6 Å². The molecule has 5 nitrogen and oxygen atoms in total. The number of likely N-dealkylation sites (N-methyl/N-ethyl adjacent to an activating group) is 1. The number of imidazole rings is 1. The van der Waals surface area contributed by atoms with Gasteiger partial charge in [0.25, 0.3) is 0 Å². The van der Waals surface area contributed by atoms with E-state index in [0.717, 1.165) is 41.4 Å². The third-order valence-corrected chi connectivity index (χ3v) is 3.93. The quantitative estimate of drug-likeness (QED) is 0.617. The van der Waals surface area contributed by atoms with Gasteiger partial charge in [0.05, 0.1) is 17.6 Å². The lowest BCUT2D eigenvalue weighted by Gasteiger charge is -2.11. The first-order valence-electron chi connectivity index (χ1n) is 8.54. The van der Waals surface area contributed by atoms with Crippen LogP contribution in [0, 0.1) is 0 Å². The topological polar surface area (TPSA) is 42.7 Å². The standard InChI is InChI=1S/C20H24N4O/c1-4-25-17-11-9-16(10-12-17)15-21-20-22-18-7-5-6-8-19(18)24(20)14-13-23(2)3/h5-12,15H,4,13-14H2,1-3H3/b21-15+. The molecule has 25 heavy (non-hydrogen) atoms. The van der Waals surface area contributed by atoms with Crippen LogP contribution in [0.15, 0.2) is 53.5 Å². The molecule has 130 valence electrons. The molecule has 0 atom stereocenters. The third-order valence-electron chi connectivity index (χ3n) is 3.93. The summed E-state index contributed by atoms with van der Waals surface area (Å²) < 4.78 is 7.64. The van der Waals surface area contributed by atoms with Crippen LogP contribution in [0.3, 0.4) is 0 Å². The molecule has 0 aliphatic heterocycles. The van der Waals surface area contributed by atoms with Gasteiger partial charge in [0.1, 0.15) is 5.75 Å². The highest BCUT2D eigenvalue weighted by molar-refractivity contribution is 5.83. The Bertz CT molecular complexity index is 850. The van der Waals surface area contributed by atoms with Crippen molar-refractivity contribution < 1.29 is 4.74 Å². The Morgan fingerprint density at radius 1 is 1.12 bits per heavy atom. The summed E-state index contributed by atoms with van der Waals surface area (Å²) in [5.74, 6) is 1.61. The lowest BCUT2D eigenvalue weighted by atomic mass is 10.2. The monoisotopic (exact) mass is 336 g/mol. The number of benzene rings is 2. The zero-order valence-electron chi connectivity index (χ0n) is 15.0. The molecule has 0 aliphatic carbocycles. The van der Waals surface area contributed by atoms with Crippen LogP contribution in [0.2, 0.25) is 0 Å². The molecule has 0 radical (unpaired) electrons. The number of aromatic nitrogens is 2. The molecule has 0 unspecified atom stereocenters. The predicted molar refractivity (Wildman–Crippen MR) is 103 cm³/mol. The normalized spacial score (nSPS) is 11.7. The van der Waals surface area contributed by atoms with Crippen molar-refractivity contribution in [3.05, 3.63) is 54.1 Å². The first-order valence-corrected chi connectivity index (χ1v) is 8.54. The van der Waals surface area contributed by atoms with Crippen molar-refractivity contribution in [3.8, 4) is 5.75 Å². The average molecular weight is 336 g/mol. The van der Waals surface area contributed by atoms with Crippen molar-refractivity contribution in [2.45, 2.75) is 13.5 Å². The Morgan fingerprint density at radius 2 is 1.88 bits per heavy atom. The molecule has 0 fully saturated rings. The highest BCUT2D eigenvalue weighted by Crippen LogP contribution is 2.22. The Hall–Kier alpha value is -2.66. The van der Waals surface area contributed by atoms with Crippen molar-refractivity contribution in [3.63, 3.8) is 0 Å². The number of nitrogens with zero attached hydrogens (tertiary/aromatic N) is 4. The van der Waals surface area contributed by atoms with Crippen LogP contribution in [-0.2, 0) is 6.54 Å². The Kier molecular flexibility index (Phi) is 5.46. The lowest BCUT2D eigenvalue weighted by Crippen LogP contribution is -2.18. The molecule has 3 aromatic rings. The number of fused-ring (bicyclic) bond motifs is 1. The van der Waals surface area contributed by atoms with E-state index in [9.17, 15) is 0 Å². The summed E-state index contributed by atoms with van der Waals surface area (Å²) in [5.41, 5.74) is 3.11. The van der Waals surface area contributed by atoms with Gasteiger partial charge in [0, 0.05) is 19.3 Å². The average Bonchev–Trinajstić information content (AvgIpc) is 2.97. The SMILES string of the molecule is CCOc1ccc(/C=N/c2nc3ccccc3n2CCN(C)C)cc1. The molecule has 0 spiro atoms. The van der Waals surface area contributed by atoms with Gasteiger partial charge in [-0.15, -0.1) is 0 Å². The molecule has 0 N–H and O–H groups in total. The second kappa shape index (κ2) is 7.94. The molecule has 0 aliphatic rings. The maximum absolute atomic E-state index is 5.47. The Balaban J connectivity index is 1.87. The van der Waals surface area contributed by atoms with Crippen LogP contribution < -0.4 is 4.74 Å². The summed E-state index contributed by atoms with van der Waals surface area (Å²) in [7, 11) is 4.14. The van der Waals surface area contributed by atoms with E-state index in [4.69, 9.17) is 4.74 Å². The van der Waals surface area contributed by atoms with Gasteiger partial charge >= 0.3 is 0 Å². The molecule has 1 aromatic heterocycles. The second-order valence-electron chi connectivity index (χ2n) is 6.12. The fourth-order valence-electron chi connectivity index (χ4n) is 2.63. The molecule has 0 amide bonds. The zero-order valence-corrected chi connectivity index (χ0v) is 15.0. The summed E-state index contributed by atoms with van der Waals surface area (Å²) in [5, 5.41) is 0. The maximum Gasteiger partial charge on any atom is 0.230 e. The minimum atomic E-state index is 0.670. The first kappa shape index (κ1) is 17.2. The molecule has 1 heterocycles. The largest absolute Gasteiger partial charge is 0.494 e. The van der Waals surface area contributed by atoms with E-state index in [-0.39, 0.29) is 0 Å². The summed E-state index contributed by atoms with van der Waals surface area (Å²) in [4.78, 5) is 11.5. The van der Waals surface area contributed by atoms with Gasteiger partial charge in [-0.25, -0.2) is 9.98 Å². The molecule has 0 bridgehead atoms. The molecular weight excluding hydrogens is 312 g/mol. The smallest absolute Gasteiger partial charge is 0.230 e. The van der Waals surface area contributed by atoms with Crippen LogP contribution in [-0.4, -0.2) is 47.9 Å². The highest BCUT2D eigenvalue weighted by atomic mass is 16.5. The number of hydrogen-bond donors (Lipinski definition) is 0. The summed E-state index contributed by atoms with van der Waals surface area (Å²) >= 11 is 0. The Morgan fingerprint density at radius 3 is 2.60 bits per heavy atom. The third kappa shape index (κ3) is 4.25. The maximum atomic E-state index is 5.47. The fraction of sp³-hybridized carbons (Fsp3) is 0.300. The van der Waals surface area contributed by atoms with Gasteiger partial charge in [-0.05, 0) is 63.0 Å². The van der Waals surface area contributed by atoms with E-state index in [1.54, 1.807) is 0 Å². The van der Waals surface area contributed by atoms with Gasteiger partial charge < -0.3 is 14.2 Å². The van der Waals surface area contributed by atoms with Crippen molar-refractivity contribution in [1.82, 2.24) is 14.5 Å². The van der Waals surface area contributed by atoms with Gasteiger partial charge in [-0.2, -0.15) is 0 Å². The van der Waals surface area contributed by atoms with Crippen molar-refractivity contribution in [2.75, 3.05) is 27.2 Å². The van der Waals surface area contributed by atoms with Crippen LogP contribution in [0.5, 0.6) is 5.75 Å². The van der Waals surface area contributed by atoms with Gasteiger partial charge in [0.2, 0.25) is 5.95 Å². The van der Waals surface area contributed by atoms with Gasteiger partial charge in [-0.3, -0.25) is 0 Å². The van der Waals surface area contributed by atoms with Crippen LogP contribution in [0.25, 0.3) is 11.0 Å². The highest BCUT2D eigenvalue weighted by Gasteiger charge is 2.09. The van der Waals surface area contributed by atoms with Crippen LogP contribution in [0.1, 0.15) is 12.5 Å². The Labute approximate surface area is 148 Å². The second-order valence-corrected chi connectivity index (χ2v) is 6.12. The number of ether oxygens (including phenoxy) is 1. The van der Waals surface area contributed by atoms with E-state index in [1.807, 2.05) is 55.6 Å². The molecule has 5 heteroatoms. The predicted octanol–water partition coefficient (Wildman–Crippen LogP) is 3.75. The van der Waals surface area contributed by atoms with Crippen LogP contribution >= 0.6 is 0 Å². The van der Waals surface area contributed by atoms with Crippen molar-refractivity contribution >= 4 is 23.2 Å². The van der Waals surface area contributed by atoms with Gasteiger partial charge in [0.15, 0.2) is 0 Å². The number of hydrogen-bond acceptors (Lipinski definition) is 4. The first-order chi connectivity index (χ1) is 12.2. The molecular formula is C20H24N4O. The summed E-state index contributed by atoms with van der Waals surface area (Å²) in [6.07, 6.45) is 1.85. The van der Waals surface area contributed by atoms with E-state index in [1.165, 1.54) is 0 Å². The van der Waals surface area contributed by atoms with Gasteiger partial charge in [-0.1, -0.05) is 12.1 Å². The number of rotatable bonds is 7. The molecule has 2 aromatic carbocycles. The fourth-order valence-corrected chi connectivity index (χ4v) is 2.63. The van der Waals surface area contributed by atoms with Crippen molar-refractivity contribution in [1.29, 1.82) is 0 Å². The van der Waals surface area contributed by atoms with Crippen molar-refractivity contribution in [2.24, 2.45) is 4.99 Å². The summed E-state index contributed by atoms with van der Waals surface area (Å²) in [6, 6.07) is 16.1. The van der Waals surface area contributed by atoms with E-state index >= 15 is 0 Å².